The Morgan fingerprint density at radius 2 is 1.58 bits per heavy atom. The van der Waals surface area contributed by atoms with E-state index in [-0.39, 0.29) is 6.10 Å². The zero-order chi connectivity index (χ0) is 13.3. The Balaban J connectivity index is 1.98. The van der Waals surface area contributed by atoms with Crippen molar-refractivity contribution in [2.75, 3.05) is 12.0 Å². The zero-order valence-electron chi connectivity index (χ0n) is 11.3. The SMILES string of the molecule is CSCCC(OCc1ccccc1)c1ccccc1. The number of ether oxygens (including phenoxy) is 1. The van der Waals surface area contributed by atoms with Gasteiger partial charge in [-0.1, -0.05) is 60.7 Å². The first kappa shape index (κ1) is 14.2. The molecule has 0 saturated carbocycles. The van der Waals surface area contributed by atoms with Crippen LogP contribution in [0.3, 0.4) is 0 Å². The van der Waals surface area contributed by atoms with Crippen molar-refractivity contribution in [3.8, 4) is 0 Å². The minimum Gasteiger partial charge on any atom is -0.369 e. The van der Waals surface area contributed by atoms with Gasteiger partial charge in [0, 0.05) is 0 Å². The van der Waals surface area contributed by atoms with E-state index in [1.165, 1.54) is 11.1 Å². The molecule has 2 aromatic carbocycles. The van der Waals surface area contributed by atoms with E-state index in [0.717, 1.165) is 12.2 Å². The summed E-state index contributed by atoms with van der Waals surface area (Å²) in [5, 5.41) is 0. The van der Waals surface area contributed by atoms with E-state index < -0.39 is 0 Å². The van der Waals surface area contributed by atoms with Gasteiger partial charge in [0.2, 0.25) is 0 Å². The van der Waals surface area contributed by atoms with Gasteiger partial charge >= 0.3 is 0 Å². The minimum absolute atomic E-state index is 0.189. The largest absolute Gasteiger partial charge is 0.369 e. The lowest BCUT2D eigenvalue weighted by Crippen LogP contribution is -2.06. The normalized spacial score (nSPS) is 12.3. The molecule has 19 heavy (non-hydrogen) atoms. The Morgan fingerprint density at radius 1 is 0.947 bits per heavy atom. The van der Waals surface area contributed by atoms with Gasteiger partial charge in [0.15, 0.2) is 0 Å². The molecule has 0 aliphatic carbocycles. The molecule has 2 heteroatoms. The second kappa shape index (κ2) is 8.03. The predicted octanol–water partition coefficient (Wildman–Crippen LogP) is 4.70. The van der Waals surface area contributed by atoms with Gasteiger partial charge in [0.05, 0.1) is 12.7 Å². The molecule has 0 aliphatic heterocycles. The highest BCUT2D eigenvalue weighted by Gasteiger charge is 2.11. The molecule has 0 spiro atoms. The number of thioether (sulfide) groups is 1. The molecule has 0 aromatic heterocycles. The lowest BCUT2D eigenvalue weighted by atomic mass is 10.1. The van der Waals surface area contributed by atoms with Crippen molar-refractivity contribution in [1.29, 1.82) is 0 Å². The highest BCUT2D eigenvalue weighted by molar-refractivity contribution is 7.98. The first-order valence-corrected chi connectivity index (χ1v) is 7.99. The van der Waals surface area contributed by atoms with Crippen LogP contribution in [0.4, 0.5) is 0 Å². The molecule has 0 amide bonds. The third-order valence-corrected chi connectivity index (χ3v) is 3.69. The van der Waals surface area contributed by atoms with Crippen molar-refractivity contribution >= 4 is 11.8 Å². The number of rotatable bonds is 7. The molecule has 0 fully saturated rings. The van der Waals surface area contributed by atoms with Crippen LogP contribution in [0.25, 0.3) is 0 Å². The maximum absolute atomic E-state index is 6.10. The van der Waals surface area contributed by atoms with Gasteiger partial charge in [0.1, 0.15) is 0 Å². The van der Waals surface area contributed by atoms with Crippen LogP contribution in [-0.2, 0) is 11.3 Å². The van der Waals surface area contributed by atoms with Crippen LogP contribution in [0.15, 0.2) is 60.7 Å². The smallest absolute Gasteiger partial charge is 0.0837 e. The summed E-state index contributed by atoms with van der Waals surface area (Å²) in [5.74, 6) is 1.12. The van der Waals surface area contributed by atoms with E-state index >= 15 is 0 Å². The lowest BCUT2D eigenvalue weighted by Gasteiger charge is -2.18. The van der Waals surface area contributed by atoms with Crippen LogP contribution in [0.2, 0.25) is 0 Å². The molecule has 1 unspecified atom stereocenters. The third kappa shape index (κ3) is 4.73. The minimum atomic E-state index is 0.189. The van der Waals surface area contributed by atoms with Gasteiger partial charge in [0.25, 0.3) is 0 Å². The summed E-state index contributed by atoms with van der Waals surface area (Å²) in [6.07, 6.45) is 3.38. The number of hydrogen-bond donors (Lipinski definition) is 0. The molecule has 0 radical (unpaired) electrons. The summed E-state index contributed by atoms with van der Waals surface area (Å²) in [5.41, 5.74) is 2.50. The average molecular weight is 272 g/mol. The molecule has 2 rings (SSSR count). The molecular weight excluding hydrogens is 252 g/mol. The van der Waals surface area contributed by atoms with Crippen molar-refractivity contribution in [3.63, 3.8) is 0 Å². The van der Waals surface area contributed by atoms with Crippen LogP contribution in [-0.4, -0.2) is 12.0 Å². The van der Waals surface area contributed by atoms with E-state index in [4.69, 9.17) is 4.74 Å². The fourth-order valence-electron chi connectivity index (χ4n) is 2.01. The van der Waals surface area contributed by atoms with Crippen LogP contribution in [0.1, 0.15) is 23.7 Å². The molecular formula is C17H20OS. The number of benzene rings is 2. The fourth-order valence-corrected chi connectivity index (χ4v) is 2.46. The maximum atomic E-state index is 6.10. The fraction of sp³-hybridized carbons (Fsp3) is 0.294. The molecule has 0 aliphatic rings. The Kier molecular flexibility index (Phi) is 5.99. The van der Waals surface area contributed by atoms with Crippen molar-refractivity contribution in [2.24, 2.45) is 0 Å². The highest BCUT2D eigenvalue weighted by atomic mass is 32.2. The van der Waals surface area contributed by atoms with Crippen molar-refractivity contribution in [1.82, 2.24) is 0 Å². The van der Waals surface area contributed by atoms with Crippen LogP contribution in [0.5, 0.6) is 0 Å². The summed E-state index contributed by atoms with van der Waals surface area (Å²) in [6.45, 7) is 0.675. The molecule has 100 valence electrons. The van der Waals surface area contributed by atoms with Crippen molar-refractivity contribution in [2.45, 2.75) is 19.1 Å². The van der Waals surface area contributed by atoms with E-state index in [1.807, 2.05) is 23.9 Å². The second-order valence-electron chi connectivity index (χ2n) is 4.48. The van der Waals surface area contributed by atoms with E-state index in [1.54, 1.807) is 0 Å². The first-order valence-electron chi connectivity index (χ1n) is 6.59. The van der Waals surface area contributed by atoms with E-state index in [2.05, 4.69) is 54.8 Å². The maximum Gasteiger partial charge on any atom is 0.0837 e. The van der Waals surface area contributed by atoms with Gasteiger partial charge in [-0.25, -0.2) is 0 Å². The van der Waals surface area contributed by atoms with E-state index in [9.17, 15) is 0 Å². The molecule has 2 aromatic rings. The van der Waals surface area contributed by atoms with Gasteiger partial charge in [-0.05, 0) is 29.6 Å². The summed E-state index contributed by atoms with van der Waals surface area (Å²) < 4.78 is 6.10. The van der Waals surface area contributed by atoms with Crippen LogP contribution in [0, 0.1) is 0 Å². The van der Waals surface area contributed by atoms with Crippen molar-refractivity contribution in [3.05, 3.63) is 71.8 Å². The Bertz CT molecular complexity index is 455. The summed E-state index contributed by atoms with van der Waals surface area (Å²) in [7, 11) is 0. The van der Waals surface area contributed by atoms with Gasteiger partial charge in [-0.3, -0.25) is 0 Å². The lowest BCUT2D eigenvalue weighted by molar-refractivity contribution is 0.0379. The summed E-state index contributed by atoms with van der Waals surface area (Å²) >= 11 is 1.87. The molecule has 0 saturated heterocycles. The van der Waals surface area contributed by atoms with Crippen LogP contribution >= 0.6 is 11.8 Å². The second-order valence-corrected chi connectivity index (χ2v) is 5.46. The zero-order valence-corrected chi connectivity index (χ0v) is 12.1. The molecule has 0 N–H and O–H groups in total. The van der Waals surface area contributed by atoms with E-state index in [0.29, 0.717) is 6.61 Å². The Morgan fingerprint density at radius 3 is 2.21 bits per heavy atom. The number of hydrogen-bond acceptors (Lipinski definition) is 2. The first-order chi connectivity index (χ1) is 9.40. The Labute approximate surface area is 120 Å². The van der Waals surface area contributed by atoms with Crippen LogP contribution < -0.4 is 0 Å². The van der Waals surface area contributed by atoms with Crippen molar-refractivity contribution < 1.29 is 4.74 Å². The summed E-state index contributed by atoms with van der Waals surface area (Å²) in [6, 6.07) is 20.9. The molecule has 1 nitrogen and oxygen atoms in total. The summed E-state index contributed by atoms with van der Waals surface area (Å²) in [4.78, 5) is 0. The highest BCUT2D eigenvalue weighted by Crippen LogP contribution is 2.24. The predicted molar refractivity (Wildman–Crippen MR) is 83.4 cm³/mol. The molecule has 0 heterocycles. The Hall–Kier alpha value is -1.25. The third-order valence-electron chi connectivity index (χ3n) is 3.05. The quantitative estimate of drug-likeness (QED) is 0.722. The van der Waals surface area contributed by atoms with Gasteiger partial charge < -0.3 is 4.74 Å². The van der Waals surface area contributed by atoms with Gasteiger partial charge in [-0.2, -0.15) is 11.8 Å². The van der Waals surface area contributed by atoms with Gasteiger partial charge in [-0.15, -0.1) is 0 Å². The monoisotopic (exact) mass is 272 g/mol. The molecule has 1 atom stereocenters. The average Bonchev–Trinajstić information content (AvgIpc) is 2.49. The topological polar surface area (TPSA) is 9.23 Å². The molecule has 0 bridgehead atoms. The standard InChI is InChI=1S/C17H20OS/c1-19-13-12-17(16-10-6-3-7-11-16)18-14-15-8-4-2-5-9-15/h2-11,17H,12-14H2,1H3.